The number of fused-ring (bicyclic) bond motifs is 2. The van der Waals surface area contributed by atoms with Gasteiger partial charge in [-0.2, -0.15) is 5.10 Å². The number of anilines is 1. The van der Waals surface area contributed by atoms with E-state index < -0.39 is 0 Å². The molecule has 0 amide bonds. The van der Waals surface area contributed by atoms with Crippen LogP contribution in [0.5, 0.6) is 5.75 Å². The predicted molar refractivity (Wildman–Crippen MR) is 150 cm³/mol. The SMILES string of the molecule is Cc1ccccc1-n1c(Cn2nc(-c3cccc(OC=O)c3)c3c(N)ncnc32)cc2cccc(C)c2c1=O. The molecule has 0 fully saturated rings. The number of benzene rings is 3. The summed E-state index contributed by atoms with van der Waals surface area (Å²) < 4.78 is 8.51. The minimum Gasteiger partial charge on any atom is -0.429 e. The van der Waals surface area contributed by atoms with E-state index >= 15 is 0 Å². The van der Waals surface area contributed by atoms with Crippen molar-refractivity contribution in [3.05, 3.63) is 106 Å². The van der Waals surface area contributed by atoms with E-state index in [9.17, 15) is 9.59 Å². The average molecular weight is 517 g/mol. The van der Waals surface area contributed by atoms with Gasteiger partial charge in [-0.1, -0.05) is 48.5 Å². The number of para-hydroxylation sites is 1. The number of aromatic nitrogens is 5. The molecule has 6 aromatic rings. The van der Waals surface area contributed by atoms with Gasteiger partial charge >= 0.3 is 0 Å². The second kappa shape index (κ2) is 9.53. The van der Waals surface area contributed by atoms with E-state index in [1.165, 1.54) is 6.33 Å². The van der Waals surface area contributed by atoms with Crippen molar-refractivity contribution < 1.29 is 9.53 Å². The summed E-state index contributed by atoms with van der Waals surface area (Å²) in [4.78, 5) is 33.6. The van der Waals surface area contributed by atoms with Crippen LogP contribution >= 0.6 is 0 Å². The lowest BCUT2D eigenvalue weighted by atomic mass is 10.1. The van der Waals surface area contributed by atoms with Gasteiger partial charge in [0.2, 0.25) is 0 Å². The monoisotopic (exact) mass is 516 g/mol. The number of carbonyl (C=O) groups is 1. The molecule has 0 radical (unpaired) electrons. The quantitative estimate of drug-likeness (QED) is 0.322. The summed E-state index contributed by atoms with van der Waals surface area (Å²) in [6, 6.07) is 22.6. The van der Waals surface area contributed by atoms with Gasteiger partial charge in [-0.3, -0.25) is 14.2 Å². The zero-order chi connectivity index (χ0) is 27.1. The van der Waals surface area contributed by atoms with Gasteiger partial charge in [0.25, 0.3) is 12.0 Å². The van der Waals surface area contributed by atoms with Crippen LogP contribution in [-0.2, 0) is 11.3 Å². The lowest BCUT2D eigenvalue weighted by molar-refractivity contribution is -0.120. The Labute approximate surface area is 223 Å². The number of hydrogen-bond donors (Lipinski definition) is 1. The fraction of sp³-hybridized carbons (Fsp3) is 0.100. The molecule has 9 nitrogen and oxygen atoms in total. The largest absolute Gasteiger partial charge is 0.429 e. The van der Waals surface area contributed by atoms with Gasteiger partial charge in [-0.15, -0.1) is 0 Å². The number of ether oxygens (including phenoxy) is 1. The highest BCUT2D eigenvalue weighted by Gasteiger charge is 2.20. The van der Waals surface area contributed by atoms with Gasteiger partial charge in [0, 0.05) is 11.3 Å². The standard InChI is InChI=1S/C30H24N6O3/c1-18-7-3-4-12-24(18)36-22(13-20-9-5-8-19(2)25(20)30(36)38)15-35-29-26(28(31)32-16-33-29)27(34-35)21-10-6-11-23(14-21)39-17-37/h3-14,16-17H,15H2,1-2H3,(H2,31,32,33). The van der Waals surface area contributed by atoms with Crippen molar-refractivity contribution >= 4 is 34.1 Å². The molecule has 0 saturated heterocycles. The summed E-state index contributed by atoms with van der Waals surface area (Å²) >= 11 is 0. The lowest BCUT2D eigenvalue weighted by Gasteiger charge is -2.17. The van der Waals surface area contributed by atoms with Crippen molar-refractivity contribution in [2.45, 2.75) is 20.4 Å². The minimum absolute atomic E-state index is 0.0977. The van der Waals surface area contributed by atoms with Crippen LogP contribution in [0, 0.1) is 13.8 Å². The molecule has 0 aliphatic heterocycles. The van der Waals surface area contributed by atoms with Gasteiger partial charge in [0.15, 0.2) is 5.65 Å². The maximum Gasteiger partial charge on any atom is 0.298 e. The molecular weight excluding hydrogens is 492 g/mol. The van der Waals surface area contributed by atoms with Gasteiger partial charge < -0.3 is 10.5 Å². The summed E-state index contributed by atoms with van der Waals surface area (Å²) in [6.45, 7) is 4.54. The van der Waals surface area contributed by atoms with E-state index in [4.69, 9.17) is 15.6 Å². The van der Waals surface area contributed by atoms with Crippen LogP contribution in [0.4, 0.5) is 5.82 Å². The molecule has 0 bridgehead atoms. The Hall–Kier alpha value is -5.31. The van der Waals surface area contributed by atoms with Crippen molar-refractivity contribution in [3.8, 4) is 22.7 Å². The number of aryl methyl sites for hydroxylation is 2. The summed E-state index contributed by atoms with van der Waals surface area (Å²) in [5.41, 5.74) is 11.4. The summed E-state index contributed by atoms with van der Waals surface area (Å²) in [5.74, 6) is 0.646. The molecular formula is C30H24N6O3. The van der Waals surface area contributed by atoms with Gasteiger partial charge in [0.1, 0.15) is 23.6 Å². The minimum atomic E-state index is -0.0977. The van der Waals surface area contributed by atoms with E-state index in [0.29, 0.717) is 39.9 Å². The van der Waals surface area contributed by atoms with Gasteiger partial charge in [-0.25, -0.2) is 14.6 Å². The van der Waals surface area contributed by atoms with E-state index in [-0.39, 0.29) is 17.9 Å². The summed E-state index contributed by atoms with van der Waals surface area (Å²) in [5, 5.41) is 6.97. The number of carbonyl (C=O) groups excluding carboxylic acids is 1. The first kappa shape index (κ1) is 24.1. The second-order valence-corrected chi connectivity index (χ2v) is 9.31. The number of hydrogen-bond acceptors (Lipinski definition) is 7. The Morgan fingerprint density at radius 1 is 0.923 bits per heavy atom. The third-order valence-corrected chi connectivity index (χ3v) is 6.85. The smallest absolute Gasteiger partial charge is 0.298 e. The number of nitrogen functional groups attached to an aromatic ring is 1. The Kier molecular flexibility index (Phi) is 5.88. The first-order chi connectivity index (χ1) is 19.0. The molecule has 0 saturated carbocycles. The Morgan fingerprint density at radius 3 is 2.54 bits per heavy atom. The zero-order valence-corrected chi connectivity index (χ0v) is 21.3. The summed E-state index contributed by atoms with van der Waals surface area (Å²) in [7, 11) is 0. The van der Waals surface area contributed by atoms with Crippen LogP contribution in [-0.4, -0.2) is 30.8 Å². The molecule has 3 aromatic heterocycles. The van der Waals surface area contributed by atoms with Gasteiger partial charge in [-0.05, 0) is 54.6 Å². The van der Waals surface area contributed by atoms with E-state index in [1.807, 2.05) is 68.4 Å². The van der Waals surface area contributed by atoms with Crippen LogP contribution in [0.3, 0.4) is 0 Å². The maximum absolute atomic E-state index is 14.0. The molecule has 3 aromatic carbocycles. The molecule has 9 heteroatoms. The molecule has 3 heterocycles. The van der Waals surface area contributed by atoms with Crippen LogP contribution in [0.2, 0.25) is 0 Å². The first-order valence-electron chi connectivity index (χ1n) is 12.3. The first-order valence-corrected chi connectivity index (χ1v) is 12.3. The zero-order valence-electron chi connectivity index (χ0n) is 21.3. The molecule has 39 heavy (non-hydrogen) atoms. The topological polar surface area (TPSA) is 118 Å². The molecule has 192 valence electrons. The van der Waals surface area contributed by atoms with E-state index in [0.717, 1.165) is 27.9 Å². The van der Waals surface area contributed by atoms with Crippen LogP contribution in [0.25, 0.3) is 38.8 Å². The van der Waals surface area contributed by atoms with Crippen LogP contribution in [0.15, 0.2) is 83.9 Å². The van der Waals surface area contributed by atoms with Crippen LogP contribution < -0.4 is 16.0 Å². The Morgan fingerprint density at radius 2 is 1.72 bits per heavy atom. The average Bonchev–Trinajstić information content (AvgIpc) is 3.29. The van der Waals surface area contributed by atoms with Crippen molar-refractivity contribution in [3.63, 3.8) is 0 Å². The van der Waals surface area contributed by atoms with Crippen molar-refractivity contribution in [1.82, 2.24) is 24.3 Å². The van der Waals surface area contributed by atoms with E-state index in [1.54, 1.807) is 27.4 Å². The van der Waals surface area contributed by atoms with Crippen molar-refractivity contribution in [2.24, 2.45) is 0 Å². The second-order valence-electron chi connectivity index (χ2n) is 9.31. The number of nitrogens with two attached hydrogens (primary N) is 1. The third-order valence-electron chi connectivity index (χ3n) is 6.85. The highest BCUT2D eigenvalue weighted by atomic mass is 16.5. The molecule has 0 aliphatic carbocycles. The predicted octanol–water partition coefficient (Wildman–Crippen LogP) is 4.58. The number of rotatable bonds is 6. The van der Waals surface area contributed by atoms with Crippen molar-refractivity contribution in [1.29, 1.82) is 0 Å². The number of nitrogens with zero attached hydrogens (tertiary/aromatic N) is 5. The fourth-order valence-electron chi connectivity index (χ4n) is 5.05. The van der Waals surface area contributed by atoms with Crippen LogP contribution in [0.1, 0.15) is 16.8 Å². The lowest BCUT2D eigenvalue weighted by Crippen LogP contribution is -2.25. The van der Waals surface area contributed by atoms with Gasteiger partial charge in [0.05, 0.1) is 23.0 Å². The fourth-order valence-corrected chi connectivity index (χ4v) is 5.05. The molecule has 0 atom stereocenters. The van der Waals surface area contributed by atoms with Crippen molar-refractivity contribution in [2.75, 3.05) is 5.73 Å². The molecule has 0 aliphatic rings. The van der Waals surface area contributed by atoms with E-state index in [2.05, 4.69) is 9.97 Å². The summed E-state index contributed by atoms with van der Waals surface area (Å²) in [6.07, 6.45) is 1.39. The highest BCUT2D eigenvalue weighted by Crippen LogP contribution is 2.32. The Balaban J connectivity index is 1.60. The third kappa shape index (κ3) is 4.10. The molecule has 0 unspecified atom stereocenters. The highest BCUT2D eigenvalue weighted by molar-refractivity contribution is 5.98. The Bertz CT molecular complexity index is 1960. The number of pyridine rings is 1. The maximum atomic E-state index is 14.0. The molecule has 2 N–H and O–H groups in total. The molecule has 6 rings (SSSR count). The normalized spacial score (nSPS) is 11.2. The molecule has 0 spiro atoms.